The average Bonchev–Trinajstić information content (AvgIpc) is 3.25. The minimum atomic E-state index is 0.158. The van der Waals surface area contributed by atoms with E-state index in [2.05, 4.69) is 11.2 Å². The highest BCUT2D eigenvalue weighted by molar-refractivity contribution is 7.09. The molecule has 0 aliphatic rings. The van der Waals surface area contributed by atoms with E-state index in [0.29, 0.717) is 13.0 Å². The van der Waals surface area contributed by atoms with Crippen molar-refractivity contribution in [2.24, 2.45) is 0 Å². The molecule has 4 nitrogen and oxygen atoms in total. The minimum Gasteiger partial charge on any atom is -0.341 e. The number of amides is 1. The quantitative estimate of drug-likeness (QED) is 0.695. The molecule has 3 aromatic rings. The standard InChI is InChI=1S/C18H19N3OS/c1-20(18(22)10-9-17-8-5-11-23-17)13-15-12-19-21(14-15)16-6-3-2-4-7-16/h2-8,11-12,14H,9-10,13H2,1H3. The van der Waals surface area contributed by atoms with Crippen molar-refractivity contribution in [1.82, 2.24) is 14.7 Å². The molecule has 0 radical (unpaired) electrons. The van der Waals surface area contributed by atoms with Gasteiger partial charge < -0.3 is 4.90 Å². The van der Waals surface area contributed by atoms with E-state index >= 15 is 0 Å². The zero-order valence-electron chi connectivity index (χ0n) is 13.1. The Labute approximate surface area is 140 Å². The molecule has 1 amide bonds. The first kappa shape index (κ1) is 15.5. The highest BCUT2D eigenvalue weighted by Crippen LogP contribution is 2.13. The Morgan fingerprint density at radius 3 is 2.78 bits per heavy atom. The topological polar surface area (TPSA) is 38.1 Å². The van der Waals surface area contributed by atoms with Crippen LogP contribution in [0.15, 0.2) is 60.2 Å². The second kappa shape index (κ2) is 7.24. The Morgan fingerprint density at radius 1 is 1.22 bits per heavy atom. The van der Waals surface area contributed by atoms with E-state index < -0.39 is 0 Å². The van der Waals surface area contributed by atoms with E-state index in [1.807, 2.05) is 65.9 Å². The second-order valence-electron chi connectivity index (χ2n) is 5.46. The molecule has 0 atom stereocenters. The van der Waals surface area contributed by atoms with Crippen molar-refractivity contribution in [2.45, 2.75) is 19.4 Å². The zero-order chi connectivity index (χ0) is 16.1. The summed E-state index contributed by atoms with van der Waals surface area (Å²) in [5.74, 6) is 0.158. The molecule has 0 unspecified atom stereocenters. The van der Waals surface area contributed by atoms with Gasteiger partial charge >= 0.3 is 0 Å². The molecule has 0 fully saturated rings. The molecule has 2 heterocycles. The fourth-order valence-electron chi connectivity index (χ4n) is 2.40. The van der Waals surface area contributed by atoms with E-state index in [1.165, 1.54) is 4.88 Å². The van der Waals surface area contributed by atoms with Gasteiger partial charge in [-0.1, -0.05) is 24.3 Å². The summed E-state index contributed by atoms with van der Waals surface area (Å²) in [6, 6.07) is 14.1. The molecule has 0 saturated heterocycles. The van der Waals surface area contributed by atoms with Crippen molar-refractivity contribution in [3.8, 4) is 5.69 Å². The zero-order valence-corrected chi connectivity index (χ0v) is 13.9. The molecule has 0 N–H and O–H groups in total. The highest BCUT2D eigenvalue weighted by Gasteiger charge is 2.11. The molecule has 5 heteroatoms. The van der Waals surface area contributed by atoms with Gasteiger partial charge in [0.15, 0.2) is 0 Å². The van der Waals surface area contributed by atoms with Crippen molar-refractivity contribution in [3.05, 3.63) is 70.7 Å². The molecule has 0 saturated carbocycles. The number of hydrogen-bond donors (Lipinski definition) is 0. The Balaban J connectivity index is 1.56. The fraction of sp³-hybridized carbons (Fsp3) is 0.222. The predicted octanol–water partition coefficient (Wildman–Crippen LogP) is 3.53. The first-order valence-corrected chi connectivity index (χ1v) is 8.45. The van der Waals surface area contributed by atoms with Gasteiger partial charge in [-0.3, -0.25) is 4.79 Å². The van der Waals surface area contributed by atoms with Gasteiger partial charge in [0.2, 0.25) is 5.91 Å². The maximum absolute atomic E-state index is 12.2. The molecule has 1 aromatic carbocycles. The Kier molecular flexibility index (Phi) is 4.88. The van der Waals surface area contributed by atoms with Crippen LogP contribution in [0.5, 0.6) is 0 Å². The number of carbonyl (C=O) groups is 1. The van der Waals surface area contributed by atoms with Crippen LogP contribution in [0.4, 0.5) is 0 Å². The van der Waals surface area contributed by atoms with Gasteiger partial charge in [0.1, 0.15) is 0 Å². The van der Waals surface area contributed by atoms with E-state index in [0.717, 1.165) is 17.7 Å². The summed E-state index contributed by atoms with van der Waals surface area (Å²) in [7, 11) is 1.84. The SMILES string of the molecule is CN(Cc1cnn(-c2ccccc2)c1)C(=O)CCc1cccs1. The highest BCUT2D eigenvalue weighted by atomic mass is 32.1. The first-order valence-electron chi connectivity index (χ1n) is 7.58. The van der Waals surface area contributed by atoms with Crippen molar-refractivity contribution in [3.63, 3.8) is 0 Å². The molecule has 2 aromatic heterocycles. The number of hydrogen-bond acceptors (Lipinski definition) is 3. The number of thiophene rings is 1. The average molecular weight is 325 g/mol. The number of para-hydroxylation sites is 1. The second-order valence-corrected chi connectivity index (χ2v) is 6.49. The minimum absolute atomic E-state index is 0.158. The summed E-state index contributed by atoms with van der Waals surface area (Å²) >= 11 is 1.70. The van der Waals surface area contributed by atoms with E-state index in [-0.39, 0.29) is 5.91 Å². The molecule has 0 bridgehead atoms. The molecule has 118 valence electrons. The van der Waals surface area contributed by atoms with Crippen LogP contribution in [0.2, 0.25) is 0 Å². The van der Waals surface area contributed by atoms with Gasteiger partial charge in [-0.25, -0.2) is 4.68 Å². The van der Waals surface area contributed by atoms with Crippen molar-refractivity contribution < 1.29 is 4.79 Å². The lowest BCUT2D eigenvalue weighted by Gasteiger charge is -2.15. The molecular formula is C18H19N3OS. The number of aryl methyl sites for hydroxylation is 1. The Bertz CT molecular complexity index is 750. The summed E-state index contributed by atoms with van der Waals surface area (Å²) < 4.78 is 1.83. The van der Waals surface area contributed by atoms with Gasteiger partial charge in [0.25, 0.3) is 0 Å². The molecule has 3 rings (SSSR count). The van der Waals surface area contributed by atoms with Crippen LogP contribution in [0.1, 0.15) is 16.9 Å². The predicted molar refractivity (Wildman–Crippen MR) is 92.7 cm³/mol. The summed E-state index contributed by atoms with van der Waals surface area (Å²) in [5.41, 5.74) is 2.05. The van der Waals surface area contributed by atoms with Crippen LogP contribution in [0.25, 0.3) is 5.69 Å². The van der Waals surface area contributed by atoms with Crippen molar-refractivity contribution in [2.75, 3.05) is 7.05 Å². The smallest absolute Gasteiger partial charge is 0.222 e. The lowest BCUT2D eigenvalue weighted by molar-refractivity contribution is -0.130. The molecule has 23 heavy (non-hydrogen) atoms. The summed E-state index contributed by atoms with van der Waals surface area (Å²) in [4.78, 5) is 15.2. The number of benzene rings is 1. The molecular weight excluding hydrogens is 306 g/mol. The first-order chi connectivity index (χ1) is 11.2. The lowest BCUT2D eigenvalue weighted by atomic mass is 10.2. The van der Waals surface area contributed by atoms with Gasteiger partial charge in [-0.05, 0) is 30.0 Å². The van der Waals surface area contributed by atoms with Crippen LogP contribution in [0.3, 0.4) is 0 Å². The van der Waals surface area contributed by atoms with Crippen LogP contribution < -0.4 is 0 Å². The number of carbonyl (C=O) groups excluding carboxylic acids is 1. The molecule has 0 spiro atoms. The fourth-order valence-corrected chi connectivity index (χ4v) is 3.11. The third-order valence-corrected chi connectivity index (χ3v) is 4.60. The van der Waals surface area contributed by atoms with Gasteiger partial charge in [0, 0.05) is 36.7 Å². The van der Waals surface area contributed by atoms with Crippen molar-refractivity contribution in [1.29, 1.82) is 0 Å². The summed E-state index contributed by atoms with van der Waals surface area (Å²) in [6.45, 7) is 0.579. The third-order valence-electron chi connectivity index (χ3n) is 3.67. The summed E-state index contributed by atoms with van der Waals surface area (Å²) in [5, 5.41) is 6.41. The van der Waals surface area contributed by atoms with Gasteiger partial charge in [-0.2, -0.15) is 5.10 Å². The van der Waals surface area contributed by atoms with Gasteiger partial charge in [0.05, 0.1) is 11.9 Å². The van der Waals surface area contributed by atoms with Crippen LogP contribution in [-0.2, 0) is 17.8 Å². The van der Waals surface area contributed by atoms with Gasteiger partial charge in [-0.15, -0.1) is 11.3 Å². The Morgan fingerprint density at radius 2 is 2.04 bits per heavy atom. The maximum atomic E-state index is 12.2. The Hall–Kier alpha value is -2.40. The van der Waals surface area contributed by atoms with Crippen LogP contribution in [-0.4, -0.2) is 27.6 Å². The monoisotopic (exact) mass is 325 g/mol. The largest absolute Gasteiger partial charge is 0.341 e. The number of nitrogens with zero attached hydrogens (tertiary/aromatic N) is 3. The van der Waals surface area contributed by atoms with E-state index in [4.69, 9.17) is 0 Å². The molecule has 0 aliphatic carbocycles. The third kappa shape index (κ3) is 4.07. The lowest BCUT2D eigenvalue weighted by Crippen LogP contribution is -2.26. The molecule has 0 aliphatic heterocycles. The number of aromatic nitrogens is 2. The van der Waals surface area contributed by atoms with E-state index in [9.17, 15) is 4.79 Å². The van der Waals surface area contributed by atoms with E-state index in [1.54, 1.807) is 16.2 Å². The van der Waals surface area contributed by atoms with Crippen LogP contribution in [0, 0.1) is 0 Å². The summed E-state index contributed by atoms with van der Waals surface area (Å²) in [6.07, 6.45) is 5.14. The maximum Gasteiger partial charge on any atom is 0.222 e. The normalized spacial score (nSPS) is 10.7. The van der Waals surface area contributed by atoms with Crippen molar-refractivity contribution >= 4 is 17.2 Å². The number of rotatable bonds is 6. The van der Waals surface area contributed by atoms with Crippen LogP contribution >= 0.6 is 11.3 Å².